The molecule has 1 amide bonds. The smallest absolute Gasteiger partial charge is 0.275 e. The molecule has 25 heavy (non-hydrogen) atoms. The third-order valence-electron chi connectivity index (χ3n) is 3.27. The predicted molar refractivity (Wildman–Crippen MR) is 97.1 cm³/mol. The molecule has 0 aromatic heterocycles. The van der Waals surface area contributed by atoms with E-state index >= 15 is 0 Å². The lowest BCUT2D eigenvalue weighted by Gasteiger charge is -2.15. The molecule has 0 heterocycles. The molecular weight excluding hydrogens is 342 g/mol. The highest BCUT2D eigenvalue weighted by Gasteiger charge is 2.16. The van der Waals surface area contributed by atoms with Gasteiger partial charge in [0, 0.05) is 5.56 Å². The minimum Gasteiger partial charge on any atom is -0.490 e. The van der Waals surface area contributed by atoms with Gasteiger partial charge in [-0.1, -0.05) is 48.9 Å². The highest BCUT2D eigenvalue weighted by Crippen LogP contribution is 2.36. The van der Waals surface area contributed by atoms with Gasteiger partial charge in [0.05, 0.1) is 24.8 Å². The minimum atomic E-state index is -0.402. The number of benzene rings is 2. The van der Waals surface area contributed by atoms with Crippen LogP contribution in [0.1, 0.15) is 36.2 Å². The van der Waals surface area contributed by atoms with Crippen molar-refractivity contribution in [1.29, 1.82) is 0 Å². The summed E-state index contributed by atoms with van der Waals surface area (Å²) in [6.07, 6.45) is 0.845. The van der Waals surface area contributed by atoms with Crippen molar-refractivity contribution in [3.05, 3.63) is 58.6 Å². The Balaban J connectivity index is 2.05. The molecule has 0 aliphatic rings. The molecule has 0 saturated heterocycles. The molecule has 134 valence electrons. The van der Waals surface area contributed by atoms with Gasteiger partial charge in [-0.05, 0) is 31.0 Å². The average molecular weight is 364 g/mol. The van der Waals surface area contributed by atoms with Crippen LogP contribution in [0.5, 0.6) is 11.5 Å². The molecule has 2 rings (SSSR count). The van der Waals surface area contributed by atoms with Gasteiger partial charge in [0.15, 0.2) is 11.5 Å². The largest absolute Gasteiger partial charge is 0.490 e. The second-order valence-electron chi connectivity index (χ2n) is 5.27. The van der Waals surface area contributed by atoms with Crippen molar-refractivity contribution in [1.82, 2.24) is 5.48 Å². The molecular formula is C19H22ClNO4. The van der Waals surface area contributed by atoms with Gasteiger partial charge in [0.1, 0.15) is 0 Å². The maximum absolute atomic E-state index is 12.3. The zero-order valence-electron chi connectivity index (χ0n) is 14.4. The maximum Gasteiger partial charge on any atom is 0.275 e. The third kappa shape index (κ3) is 5.66. The monoisotopic (exact) mass is 363 g/mol. The van der Waals surface area contributed by atoms with Crippen LogP contribution in [0.4, 0.5) is 0 Å². The van der Waals surface area contributed by atoms with Gasteiger partial charge in [-0.25, -0.2) is 5.48 Å². The molecule has 0 aliphatic heterocycles. The first-order valence-corrected chi connectivity index (χ1v) is 8.58. The molecule has 0 saturated carbocycles. The van der Waals surface area contributed by atoms with Crippen molar-refractivity contribution in [2.45, 2.75) is 26.9 Å². The van der Waals surface area contributed by atoms with E-state index in [0.717, 1.165) is 12.0 Å². The van der Waals surface area contributed by atoms with E-state index in [9.17, 15) is 4.79 Å². The highest BCUT2D eigenvalue weighted by molar-refractivity contribution is 6.32. The van der Waals surface area contributed by atoms with Crippen LogP contribution >= 0.6 is 11.6 Å². The molecule has 0 radical (unpaired) electrons. The molecule has 6 heteroatoms. The molecule has 0 bridgehead atoms. The van der Waals surface area contributed by atoms with E-state index in [1.165, 1.54) is 6.07 Å². The molecule has 0 aliphatic carbocycles. The molecule has 0 fully saturated rings. The van der Waals surface area contributed by atoms with Crippen molar-refractivity contribution in [2.75, 3.05) is 13.2 Å². The second kappa shape index (κ2) is 9.91. The van der Waals surface area contributed by atoms with Crippen molar-refractivity contribution >= 4 is 17.5 Å². The highest BCUT2D eigenvalue weighted by atomic mass is 35.5. The summed E-state index contributed by atoms with van der Waals surface area (Å²) < 4.78 is 11.2. The Hall–Kier alpha value is -2.24. The fourth-order valence-corrected chi connectivity index (χ4v) is 2.39. The van der Waals surface area contributed by atoms with Crippen LogP contribution in [0.15, 0.2) is 42.5 Å². The van der Waals surface area contributed by atoms with E-state index in [0.29, 0.717) is 35.3 Å². The Kier molecular flexibility index (Phi) is 7.57. The summed E-state index contributed by atoms with van der Waals surface area (Å²) in [4.78, 5) is 17.5. The van der Waals surface area contributed by atoms with Crippen LogP contribution in [-0.2, 0) is 11.4 Å². The van der Waals surface area contributed by atoms with Crippen LogP contribution < -0.4 is 15.0 Å². The zero-order chi connectivity index (χ0) is 18.1. The minimum absolute atomic E-state index is 0.274. The maximum atomic E-state index is 12.3. The number of ether oxygens (including phenoxy) is 2. The van der Waals surface area contributed by atoms with Crippen LogP contribution in [0.25, 0.3) is 0 Å². The zero-order valence-corrected chi connectivity index (χ0v) is 15.1. The third-order valence-corrected chi connectivity index (χ3v) is 3.55. The molecule has 2 aromatic rings. The van der Waals surface area contributed by atoms with Gasteiger partial charge < -0.3 is 9.47 Å². The van der Waals surface area contributed by atoms with Crippen LogP contribution in [0.3, 0.4) is 0 Å². The van der Waals surface area contributed by atoms with Crippen molar-refractivity contribution in [3.63, 3.8) is 0 Å². The quantitative estimate of drug-likeness (QED) is 0.671. The first-order chi connectivity index (χ1) is 12.2. The Labute approximate surface area is 152 Å². The first-order valence-electron chi connectivity index (χ1n) is 8.20. The number of hydroxylamine groups is 1. The standard InChI is InChI=1S/C19H22ClNO4/c1-3-10-24-18-16(20)11-15(12-17(18)23-4-2)19(22)21-25-13-14-8-6-5-7-9-14/h5-9,11-12H,3-4,10,13H2,1-2H3,(H,21,22). The first kappa shape index (κ1) is 19.1. The number of hydrogen-bond donors (Lipinski definition) is 1. The van der Waals surface area contributed by atoms with Crippen molar-refractivity contribution < 1.29 is 19.1 Å². The number of rotatable bonds is 9. The Morgan fingerprint density at radius 1 is 1.12 bits per heavy atom. The van der Waals surface area contributed by atoms with Gasteiger partial charge in [-0.2, -0.15) is 0 Å². The lowest BCUT2D eigenvalue weighted by atomic mass is 10.2. The van der Waals surface area contributed by atoms with Gasteiger partial charge in [-0.3, -0.25) is 9.63 Å². The lowest BCUT2D eigenvalue weighted by molar-refractivity contribution is 0.0233. The molecule has 5 nitrogen and oxygen atoms in total. The number of hydrogen-bond acceptors (Lipinski definition) is 4. The van der Waals surface area contributed by atoms with Crippen LogP contribution in [0, 0.1) is 0 Å². The normalized spacial score (nSPS) is 10.4. The van der Waals surface area contributed by atoms with Gasteiger partial charge >= 0.3 is 0 Å². The Bertz CT molecular complexity index is 691. The Morgan fingerprint density at radius 3 is 2.56 bits per heavy atom. The molecule has 0 atom stereocenters. The number of halogens is 1. The molecule has 0 unspecified atom stereocenters. The fraction of sp³-hybridized carbons (Fsp3) is 0.316. The summed E-state index contributed by atoms with van der Waals surface area (Å²) in [5, 5.41) is 0.326. The van der Waals surface area contributed by atoms with Crippen LogP contribution in [0.2, 0.25) is 5.02 Å². The topological polar surface area (TPSA) is 56.8 Å². The number of carbonyl (C=O) groups is 1. The fourth-order valence-electron chi connectivity index (χ4n) is 2.12. The molecule has 1 N–H and O–H groups in total. The summed E-state index contributed by atoms with van der Waals surface area (Å²) in [6, 6.07) is 12.7. The van der Waals surface area contributed by atoms with Gasteiger partial charge in [-0.15, -0.1) is 0 Å². The summed E-state index contributed by atoms with van der Waals surface area (Å²) in [5.41, 5.74) is 3.71. The molecule has 0 spiro atoms. The summed E-state index contributed by atoms with van der Waals surface area (Å²) in [6.45, 7) is 5.09. The van der Waals surface area contributed by atoms with Gasteiger partial charge in [0.2, 0.25) is 0 Å². The summed E-state index contributed by atoms with van der Waals surface area (Å²) in [7, 11) is 0. The van der Waals surface area contributed by atoms with Gasteiger partial charge in [0.25, 0.3) is 5.91 Å². The van der Waals surface area contributed by atoms with Crippen LogP contribution in [-0.4, -0.2) is 19.1 Å². The van der Waals surface area contributed by atoms with Crippen molar-refractivity contribution in [3.8, 4) is 11.5 Å². The number of carbonyl (C=O) groups excluding carboxylic acids is 1. The van der Waals surface area contributed by atoms with E-state index < -0.39 is 5.91 Å². The number of amides is 1. The summed E-state index contributed by atoms with van der Waals surface area (Å²) >= 11 is 6.25. The summed E-state index contributed by atoms with van der Waals surface area (Å²) in [5.74, 6) is 0.490. The van der Waals surface area contributed by atoms with E-state index in [1.807, 2.05) is 44.2 Å². The second-order valence-corrected chi connectivity index (χ2v) is 5.68. The van der Waals surface area contributed by atoms with E-state index in [2.05, 4.69) is 5.48 Å². The van der Waals surface area contributed by atoms with E-state index in [1.54, 1.807) is 6.07 Å². The predicted octanol–water partition coefficient (Wildman–Crippen LogP) is 4.39. The van der Waals surface area contributed by atoms with Crippen molar-refractivity contribution in [2.24, 2.45) is 0 Å². The van der Waals surface area contributed by atoms with E-state index in [4.69, 9.17) is 25.9 Å². The molecule has 2 aromatic carbocycles. The lowest BCUT2D eigenvalue weighted by Crippen LogP contribution is -2.23. The number of nitrogens with one attached hydrogen (secondary N) is 1. The Morgan fingerprint density at radius 2 is 1.88 bits per heavy atom. The SMILES string of the molecule is CCCOc1c(Cl)cc(C(=O)NOCc2ccccc2)cc1OCC. The average Bonchev–Trinajstić information content (AvgIpc) is 2.62. The van der Waals surface area contributed by atoms with E-state index in [-0.39, 0.29) is 6.61 Å².